The molecule has 2 rings (SSSR count). The van der Waals surface area contributed by atoms with Crippen LogP contribution in [0.3, 0.4) is 0 Å². The first-order chi connectivity index (χ1) is 8.52. The van der Waals surface area contributed by atoms with Crippen LogP contribution >= 0.6 is 0 Å². The molecule has 0 amide bonds. The maximum atomic E-state index is 8.96. The Morgan fingerprint density at radius 3 is 2.61 bits per heavy atom. The third-order valence-corrected chi connectivity index (χ3v) is 3.93. The number of rotatable bonds is 2. The van der Waals surface area contributed by atoms with Crippen LogP contribution in [0.4, 0.5) is 11.4 Å². The largest absolute Gasteiger partial charge is 0.396 e. The summed E-state index contributed by atoms with van der Waals surface area (Å²) in [7, 11) is 0. The van der Waals surface area contributed by atoms with Gasteiger partial charge in [-0.25, -0.2) is 0 Å². The van der Waals surface area contributed by atoms with Gasteiger partial charge in [-0.15, -0.1) is 0 Å². The van der Waals surface area contributed by atoms with E-state index in [-0.39, 0.29) is 0 Å². The molecular formula is C15H21N3. The number of nitrogens with two attached hydrogens (primary N) is 1. The van der Waals surface area contributed by atoms with Crippen molar-refractivity contribution in [3.8, 4) is 6.07 Å². The Morgan fingerprint density at radius 1 is 1.33 bits per heavy atom. The third kappa shape index (κ3) is 2.76. The summed E-state index contributed by atoms with van der Waals surface area (Å²) in [5.41, 5.74) is 8.48. The Kier molecular flexibility index (Phi) is 3.47. The zero-order chi connectivity index (χ0) is 13.2. The molecule has 0 heterocycles. The first kappa shape index (κ1) is 12.8. The van der Waals surface area contributed by atoms with Crippen molar-refractivity contribution in [3.05, 3.63) is 23.8 Å². The predicted molar refractivity (Wildman–Crippen MR) is 75.2 cm³/mol. The van der Waals surface area contributed by atoms with Crippen LogP contribution in [0.5, 0.6) is 0 Å². The average molecular weight is 243 g/mol. The van der Waals surface area contributed by atoms with Crippen molar-refractivity contribution in [2.75, 3.05) is 11.1 Å². The summed E-state index contributed by atoms with van der Waals surface area (Å²) in [6.07, 6.45) is 4.82. The molecule has 0 aliphatic heterocycles. The van der Waals surface area contributed by atoms with E-state index >= 15 is 0 Å². The quantitative estimate of drug-likeness (QED) is 0.781. The molecule has 0 aromatic heterocycles. The van der Waals surface area contributed by atoms with Crippen molar-refractivity contribution in [1.82, 2.24) is 0 Å². The first-order valence-electron chi connectivity index (χ1n) is 6.57. The highest BCUT2D eigenvalue weighted by Gasteiger charge is 2.26. The van der Waals surface area contributed by atoms with Crippen molar-refractivity contribution in [2.45, 2.75) is 45.6 Å². The second-order valence-electron chi connectivity index (χ2n) is 5.96. The second kappa shape index (κ2) is 4.89. The molecule has 1 aromatic carbocycles. The van der Waals surface area contributed by atoms with E-state index in [2.05, 4.69) is 25.2 Å². The van der Waals surface area contributed by atoms with Gasteiger partial charge < -0.3 is 11.1 Å². The molecule has 0 saturated heterocycles. The standard InChI is InChI=1S/C15H21N3/c1-15(2)8-6-12(7-9-15)18-13-5-3-4-11(10-16)14(13)17/h3-5,12,18H,6-9,17H2,1-2H3. The predicted octanol–water partition coefficient (Wildman–Crippen LogP) is 3.52. The monoisotopic (exact) mass is 243 g/mol. The molecule has 0 spiro atoms. The van der Waals surface area contributed by atoms with E-state index in [9.17, 15) is 0 Å². The van der Waals surface area contributed by atoms with E-state index in [1.54, 1.807) is 6.07 Å². The molecule has 96 valence electrons. The second-order valence-corrected chi connectivity index (χ2v) is 5.96. The number of benzene rings is 1. The highest BCUT2D eigenvalue weighted by atomic mass is 14.9. The fourth-order valence-electron chi connectivity index (χ4n) is 2.55. The van der Waals surface area contributed by atoms with E-state index in [1.165, 1.54) is 25.7 Å². The normalized spacial score (nSPS) is 19.2. The highest BCUT2D eigenvalue weighted by molar-refractivity contribution is 5.73. The van der Waals surface area contributed by atoms with Crippen molar-refractivity contribution in [1.29, 1.82) is 5.26 Å². The number of hydrogen-bond acceptors (Lipinski definition) is 3. The number of hydrogen-bond donors (Lipinski definition) is 2. The van der Waals surface area contributed by atoms with Crippen molar-refractivity contribution in [2.24, 2.45) is 5.41 Å². The van der Waals surface area contributed by atoms with Gasteiger partial charge in [-0.1, -0.05) is 19.9 Å². The van der Waals surface area contributed by atoms with E-state index in [0.29, 0.717) is 22.7 Å². The average Bonchev–Trinajstić information content (AvgIpc) is 2.34. The zero-order valence-corrected chi connectivity index (χ0v) is 11.2. The van der Waals surface area contributed by atoms with Gasteiger partial charge in [0, 0.05) is 6.04 Å². The summed E-state index contributed by atoms with van der Waals surface area (Å²) in [5.74, 6) is 0. The van der Waals surface area contributed by atoms with Crippen LogP contribution in [0, 0.1) is 16.7 Å². The lowest BCUT2D eigenvalue weighted by Gasteiger charge is -2.35. The smallest absolute Gasteiger partial charge is 0.101 e. The van der Waals surface area contributed by atoms with E-state index < -0.39 is 0 Å². The van der Waals surface area contributed by atoms with E-state index in [0.717, 1.165) is 5.69 Å². The molecule has 0 bridgehead atoms. The number of nitriles is 1. The van der Waals surface area contributed by atoms with Crippen molar-refractivity contribution in [3.63, 3.8) is 0 Å². The summed E-state index contributed by atoms with van der Waals surface area (Å²) < 4.78 is 0. The number of nitrogen functional groups attached to an aromatic ring is 1. The number of nitrogens with one attached hydrogen (secondary N) is 1. The molecular weight excluding hydrogens is 222 g/mol. The molecule has 0 atom stereocenters. The van der Waals surface area contributed by atoms with Crippen LogP contribution in [-0.4, -0.2) is 6.04 Å². The lowest BCUT2D eigenvalue weighted by molar-refractivity contribution is 0.232. The fourth-order valence-corrected chi connectivity index (χ4v) is 2.55. The summed E-state index contributed by atoms with van der Waals surface area (Å²) in [6.45, 7) is 4.65. The zero-order valence-electron chi connectivity index (χ0n) is 11.2. The van der Waals surface area contributed by atoms with Crippen LogP contribution in [0.1, 0.15) is 45.1 Å². The molecule has 1 aliphatic rings. The molecule has 3 heteroatoms. The first-order valence-corrected chi connectivity index (χ1v) is 6.57. The van der Waals surface area contributed by atoms with Gasteiger partial charge in [-0.05, 0) is 43.2 Å². The van der Waals surface area contributed by atoms with Crippen LogP contribution in [-0.2, 0) is 0 Å². The minimum atomic E-state index is 0.470. The van der Waals surface area contributed by atoms with Gasteiger partial charge >= 0.3 is 0 Å². The van der Waals surface area contributed by atoms with Crippen LogP contribution in [0.15, 0.2) is 18.2 Å². The molecule has 1 saturated carbocycles. The van der Waals surface area contributed by atoms with Gasteiger partial charge in [-0.2, -0.15) is 5.26 Å². The SMILES string of the molecule is CC1(C)CCC(Nc2cccc(C#N)c2N)CC1. The fraction of sp³-hybridized carbons (Fsp3) is 0.533. The summed E-state index contributed by atoms with van der Waals surface area (Å²) in [4.78, 5) is 0. The molecule has 0 unspecified atom stereocenters. The van der Waals surface area contributed by atoms with Crippen LogP contribution in [0.25, 0.3) is 0 Å². The topological polar surface area (TPSA) is 61.8 Å². The minimum absolute atomic E-state index is 0.470. The molecule has 1 fully saturated rings. The lowest BCUT2D eigenvalue weighted by atomic mass is 9.75. The lowest BCUT2D eigenvalue weighted by Crippen LogP contribution is -2.30. The van der Waals surface area contributed by atoms with Crippen molar-refractivity contribution < 1.29 is 0 Å². The van der Waals surface area contributed by atoms with Gasteiger partial charge in [-0.3, -0.25) is 0 Å². The molecule has 0 radical (unpaired) electrons. The number of nitrogens with zero attached hydrogens (tertiary/aromatic N) is 1. The van der Waals surface area contributed by atoms with Gasteiger partial charge in [0.05, 0.1) is 16.9 Å². The Morgan fingerprint density at radius 2 is 2.00 bits per heavy atom. The Balaban J connectivity index is 2.05. The Bertz CT molecular complexity index is 461. The number of anilines is 2. The van der Waals surface area contributed by atoms with E-state index in [4.69, 9.17) is 11.0 Å². The van der Waals surface area contributed by atoms with E-state index in [1.807, 2.05) is 12.1 Å². The molecule has 18 heavy (non-hydrogen) atoms. The van der Waals surface area contributed by atoms with Crippen molar-refractivity contribution >= 4 is 11.4 Å². The van der Waals surface area contributed by atoms with Gasteiger partial charge in [0.2, 0.25) is 0 Å². The third-order valence-electron chi connectivity index (χ3n) is 3.93. The Hall–Kier alpha value is -1.69. The van der Waals surface area contributed by atoms with Gasteiger partial charge in [0.1, 0.15) is 6.07 Å². The van der Waals surface area contributed by atoms with Gasteiger partial charge in [0.15, 0.2) is 0 Å². The van der Waals surface area contributed by atoms with Gasteiger partial charge in [0.25, 0.3) is 0 Å². The molecule has 1 aromatic rings. The number of para-hydroxylation sites is 1. The minimum Gasteiger partial charge on any atom is -0.396 e. The summed E-state index contributed by atoms with van der Waals surface area (Å²) in [5, 5.41) is 12.4. The molecule has 3 N–H and O–H groups in total. The van der Waals surface area contributed by atoms with Crippen LogP contribution < -0.4 is 11.1 Å². The summed E-state index contributed by atoms with van der Waals surface area (Å²) >= 11 is 0. The highest BCUT2D eigenvalue weighted by Crippen LogP contribution is 2.36. The summed E-state index contributed by atoms with van der Waals surface area (Å²) in [6, 6.07) is 8.19. The maximum Gasteiger partial charge on any atom is 0.101 e. The Labute approximate surface area is 109 Å². The van der Waals surface area contributed by atoms with Crippen LogP contribution in [0.2, 0.25) is 0 Å². The maximum absolute atomic E-state index is 8.96. The molecule has 3 nitrogen and oxygen atoms in total. The molecule has 1 aliphatic carbocycles.